The lowest BCUT2D eigenvalue weighted by Gasteiger charge is -2.27. The first kappa shape index (κ1) is 12.7. The number of carbonyl (C=O) groups excluding carboxylic acids is 2. The van der Waals surface area contributed by atoms with Crippen molar-refractivity contribution in [2.24, 2.45) is 0 Å². The van der Waals surface area contributed by atoms with Crippen molar-refractivity contribution >= 4 is 11.9 Å². The van der Waals surface area contributed by atoms with Gasteiger partial charge in [0.05, 0.1) is 14.2 Å². The van der Waals surface area contributed by atoms with Gasteiger partial charge in [-0.1, -0.05) is 6.08 Å². The van der Waals surface area contributed by atoms with E-state index in [1.807, 2.05) is 0 Å². The van der Waals surface area contributed by atoms with Crippen LogP contribution in [0.25, 0.3) is 0 Å². The van der Waals surface area contributed by atoms with Crippen LogP contribution >= 0.6 is 0 Å². The summed E-state index contributed by atoms with van der Waals surface area (Å²) in [7, 11) is 2.25. The van der Waals surface area contributed by atoms with Gasteiger partial charge in [0.15, 0.2) is 0 Å². The largest absolute Gasteiger partial charge is 0.466 e. The summed E-state index contributed by atoms with van der Waals surface area (Å²) in [5.74, 6) is -1.99. The second-order valence-electron chi connectivity index (χ2n) is 3.67. The van der Waals surface area contributed by atoms with Crippen LogP contribution in [0.5, 0.6) is 0 Å². The molecule has 0 aromatic carbocycles. The van der Waals surface area contributed by atoms with Gasteiger partial charge >= 0.3 is 11.9 Å². The van der Waals surface area contributed by atoms with Crippen molar-refractivity contribution in [3.05, 3.63) is 11.6 Å². The van der Waals surface area contributed by atoms with Crippen molar-refractivity contribution in [2.45, 2.75) is 31.3 Å². The molecule has 0 spiro atoms. The minimum atomic E-state index is -2.27. The minimum absolute atomic E-state index is 0.373. The van der Waals surface area contributed by atoms with Crippen molar-refractivity contribution in [2.75, 3.05) is 14.2 Å². The molecule has 90 valence electrons. The van der Waals surface area contributed by atoms with Crippen molar-refractivity contribution in [3.63, 3.8) is 0 Å². The van der Waals surface area contributed by atoms with Gasteiger partial charge < -0.3 is 14.6 Å². The number of hydrogen-bond donors (Lipinski definition) is 1. The number of esters is 2. The quantitative estimate of drug-likeness (QED) is 0.434. The summed E-state index contributed by atoms with van der Waals surface area (Å²) in [4.78, 5) is 23.0. The highest BCUT2D eigenvalue weighted by molar-refractivity contribution is 6.06. The van der Waals surface area contributed by atoms with E-state index in [9.17, 15) is 14.7 Å². The van der Waals surface area contributed by atoms with Crippen molar-refractivity contribution in [3.8, 4) is 0 Å². The lowest BCUT2D eigenvalue weighted by atomic mass is 9.85. The van der Waals surface area contributed by atoms with E-state index in [1.165, 1.54) is 0 Å². The number of hydrogen-bond acceptors (Lipinski definition) is 5. The van der Waals surface area contributed by atoms with Crippen LogP contribution in [0.1, 0.15) is 25.7 Å². The topological polar surface area (TPSA) is 72.8 Å². The predicted molar refractivity (Wildman–Crippen MR) is 55.5 cm³/mol. The molecule has 0 unspecified atom stereocenters. The van der Waals surface area contributed by atoms with Crippen LogP contribution in [-0.4, -0.2) is 36.9 Å². The van der Waals surface area contributed by atoms with E-state index < -0.39 is 17.5 Å². The molecule has 5 heteroatoms. The predicted octanol–water partition coefficient (Wildman–Crippen LogP) is 0.564. The number of ether oxygens (including phenoxy) is 2. The zero-order chi connectivity index (χ0) is 12.2. The SMILES string of the molecule is COC(=O)C(O)(C(=O)OC)C1=CCCCC1. The highest BCUT2D eigenvalue weighted by atomic mass is 16.6. The third kappa shape index (κ3) is 2.09. The van der Waals surface area contributed by atoms with Gasteiger partial charge in [-0.3, -0.25) is 0 Å². The molecular formula is C11H16O5. The molecule has 16 heavy (non-hydrogen) atoms. The number of carbonyl (C=O) groups is 2. The molecule has 0 radical (unpaired) electrons. The first-order valence-electron chi connectivity index (χ1n) is 5.16. The van der Waals surface area contributed by atoms with Gasteiger partial charge in [-0.15, -0.1) is 0 Å². The fourth-order valence-electron chi connectivity index (χ4n) is 1.81. The summed E-state index contributed by atoms with van der Waals surface area (Å²) in [6.07, 6.45) is 4.77. The Labute approximate surface area is 94.0 Å². The lowest BCUT2D eigenvalue weighted by Crippen LogP contribution is -2.50. The Balaban J connectivity index is 3.07. The summed E-state index contributed by atoms with van der Waals surface area (Å²) < 4.78 is 8.92. The number of rotatable bonds is 3. The number of methoxy groups -OCH3 is 2. The van der Waals surface area contributed by atoms with Crippen LogP contribution in [0.15, 0.2) is 11.6 Å². The van der Waals surface area contributed by atoms with Crippen molar-refractivity contribution in [1.29, 1.82) is 0 Å². The molecule has 0 amide bonds. The number of aliphatic hydroxyl groups is 1. The van der Waals surface area contributed by atoms with Gasteiger partial charge in [-0.2, -0.15) is 0 Å². The molecule has 1 N–H and O–H groups in total. The van der Waals surface area contributed by atoms with Crippen LogP contribution in [-0.2, 0) is 19.1 Å². The van der Waals surface area contributed by atoms with E-state index >= 15 is 0 Å². The van der Waals surface area contributed by atoms with Gasteiger partial charge in [-0.05, 0) is 31.3 Å². The van der Waals surface area contributed by atoms with Crippen molar-refractivity contribution < 1.29 is 24.2 Å². The van der Waals surface area contributed by atoms with Crippen LogP contribution < -0.4 is 0 Å². The Hall–Kier alpha value is -1.36. The Morgan fingerprint density at radius 3 is 2.19 bits per heavy atom. The van der Waals surface area contributed by atoms with E-state index in [4.69, 9.17) is 0 Å². The van der Waals surface area contributed by atoms with E-state index in [0.29, 0.717) is 12.0 Å². The Bertz CT molecular complexity index is 302. The Morgan fingerprint density at radius 1 is 1.25 bits per heavy atom. The molecule has 0 saturated carbocycles. The van der Waals surface area contributed by atoms with Gasteiger partial charge in [-0.25, -0.2) is 9.59 Å². The van der Waals surface area contributed by atoms with Gasteiger partial charge in [0.2, 0.25) is 0 Å². The van der Waals surface area contributed by atoms with Gasteiger partial charge in [0.25, 0.3) is 5.60 Å². The van der Waals surface area contributed by atoms with E-state index in [-0.39, 0.29) is 0 Å². The zero-order valence-corrected chi connectivity index (χ0v) is 9.49. The minimum Gasteiger partial charge on any atom is -0.466 e. The smallest absolute Gasteiger partial charge is 0.354 e. The third-order valence-corrected chi connectivity index (χ3v) is 2.72. The van der Waals surface area contributed by atoms with Crippen LogP contribution in [0.2, 0.25) is 0 Å². The summed E-state index contributed by atoms with van der Waals surface area (Å²) in [6, 6.07) is 0. The second-order valence-corrected chi connectivity index (χ2v) is 3.67. The molecule has 1 aliphatic rings. The molecule has 0 bridgehead atoms. The molecule has 0 aromatic heterocycles. The van der Waals surface area contributed by atoms with Gasteiger partial charge in [0.1, 0.15) is 0 Å². The molecule has 1 rings (SSSR count). The monoisotopic (exact) mass is 228 g/mol. The summed E-state index contributed by atoms with van der Waals surface area (Å²) in [5, 5.41) is 10.2. The molecule has 0 saturated heterocycles. The third-order valence-electron chi connectivity index (χ3n) is 2.72. The highest BCUT2D eigenvalue weighted by Crippen LogP contribution is 2.29. The summed E-state index contributed by atoms with van der Waals surface area (Å²) in [5.41, 5.74) is -1.90. The fourth-order valence-corrected chi connectivity index (χ4v) is 1.81. The normalized spacial score (nSPS) is 16.3. The van der Waals surface area contributed by atoms with E-state index in [1.54, 1.807) is 6.08 Å². The molecule has 1 aliphatic carbocycles. The molecule has 0 fully saturated rings. The Kier molecular flexibility index (Phi) is 4.06. The van der Waals surface area contributed by atoms with Gasteiger partial charge in [0, 0.05) is 0 Å². The lowest BCUT2D eigenvalue weighted by molar-refractivity contribution is -0.175. The second kappa shape index (κ2) is 5.12. The first-order chi connectivity index (χ1) is 7.57. The molecule has 0 atom stereocenters. The number of allylic oxidation sites excluding steroid dienone is 1. The standard InChI is InChI=1S/C11H16O5/c1-15-9(12)11(14,10(13)16-2)8-6-4-3-5-7-8/h6,14H,3-5,7H2,1-2H3. The van der Waals surface area contributed by atoms with Crippen molar-refractivity contribution in [1.82, 2.24) is 0 Å². The molecule has 0 aromatic rings. The molecule has 0 heterocycles. The van der Waals surface area contributed by atoms with E-state index in [0.717, 1.165) is 33.5 Å². The average Bonchev–Trinajstić information content (AvgIpc) is 2.36. The van der Waals surface area contributed by atoms with E-state index in [2.05, 4.69) is 9.47 Å². The molecular weight excluding hydrogens is 212 g/mol. The van der Waals surface area contributed by atoms with Crippen LogP contribution in [0.4, 0.5) is 0 Å². The van der Waals surface area contributed by atoms with Crippen LogP contribution in [0, 0.1) is 0 Å². The Morgan fingerprint density at radius 2 is 1.81 bits per heavy atom. The fraction of sp³-hybridized carbons (Fsp3) is 0.636. The maximum Gasteiger partial charge on any atom is 0.354 e. The maximum atomic E-state index is 11.5. The first-order valence-corrected chi connectivity index (χ1v) is 5.16. The average molecular weight is 228 g/mol. The molecule has 5 nitrogen and oxygen atoms in total. The summed E-state index contributed by atoms with van der Waals surface area (Å²) >= 11 is 0. The maximum absolute atomic E-state index is 11.5. The van der Waals surface area contributed by atoms with Crippen LogP contribution in [0.3, 0.4) is 0 Å². The highest BCUT2D eigenvalue weighted by Gasteiger charge is 2.50. The molecule has 0 aliphatic heterocycles. The summed E-state index contributed by atoms with van der Waals surface area (Å²) in [6.45, 7) is 0. The zero-order valence-electron chi connectivity index (χ0n) is 9.49.